The zero-order chi connectivity index (χ0) is 13.2. The SMILES string of the molecule is CC(C)N(C)S(=O)(=O)Nc1ccc(O)cc1F. The van der Waals surface area contributed by atoms with Gasteiger partial charge in [0.25, 0.3) is 0 Å². The van der Waals surface area contributed by atoms with Crippen molar-refractivity contribution in [3.63, 3.8) is 0 Å². The smallest absolute Gasteiger partial charge is 0.301 e. The average molecular weight is 262 g/mol. The molecule has 0 fully saturated rings. The van der Waals surface area contributed by atoms with Crippen molar-refractivity contribution in [1.29, 1.82) is 0 Å². The third kappa shape index (κ3) is 3.31. The molecule has 0 atom stereocenters. The van der Waals surface area contributed by atoms with Gasteiger partial charge in [0.15, 0.2) is 5.82 Å². The molecular formula is C10H15FN2O3S. The molecule has 0 aliphatic carbocycles. The van der Waals surface area contributed by atoms with Crippen molar-refractivity contribution < 1.29 is 17.9 Å². The van der Waals surface area contributed by atoms with Crippen LogP contribution in [0.5, 0.6) is 5.75 Å². The Morgan fingerprint density at radius 3 is 2.47 bits per heavy atom. The van der Waals surface area contributed by atoms with Crippen LogP contribution in [-0.2, 0) is 10.2 Å². The zero-order valence-corrected chi connectivity index (χ0v) is 10.6. The quantitative estimate of drug-likeness (QED) is 0.808. The molecule has 0 bridgehead atoms. The molecule has 0 aromatic heterocycles. The van der Waals surface area contributed by atoms with Crippen LogP contribution in [0.4, 0.5) is 10.1 Å². The second-order valence-corrected chi connectivity index (χ2v) is 5.61. The van der Waals surface area contributed by atoms with Gasteiger partial charge in [-0.05, 0) is 26.0 Å². The summed E-state index contributed by atoms with van der Waals surface area (Å²) in [4.78, 5) is 0. The summed E-state index contributed by atoms with van der Waals surface area (Å²) in [6.45, 7) is 3.40. The molecule has 1 aromatic carbocycles. The number of benzene rings is 1. The molecule has 1 aromatic rings. The van der Waals surface area contributed by atoms with Crippen LogP contribution in [0.25, 0.3) is 0 Å². The van der Waals surface area contributed by atoms with E-state index in [2.05, 4.69) is 4.72 Å². The predicted molar refractivity (Wildman–Crippen MR) is 63.5 cm³/mol. The molecule has 0 spiro atoms. The van der Waals surface area contributed by atoms with Gasteiger partial charge in [0, 0.05) is 19.2 Å². The van der Waals surface area contributed by atoms with E-state index >= 15 is 0 Å². The highest BCUT2D eigenvalue weighted by Crippen LogP contribution is 2.21. The number of phenols is 1. The van der Waals surface area contributed by atoms with Crippen LogP contribution in [0.15, 0.2) is 18.2 Å². The van der Waals surface area contributed by atoms with E-state index in [-0.39, 0.29) is 17.5 Å². The van der Waals surface area contributed by atoms with E-state index in [1.165, 1.54) is 13.1 Å². The lowest BCUT2D eigenvalue weighted by molar-refractivity contribution is 0.414. The van der Waals surface area contributed by atoms with E-state index in [1.807, 2.05) is 0 Å². The third-order valence-electron chi connectivity index (χ3n) is 2.30. The molecule has 0 saturated heterocycles. The first-order chi connectivity index (χ1) is 7.74. The van der Waals surface area contributed by atoms with Gasteiger partial charge in [0.1, 0.15) is 5.75 Å². The van der Waals surface area contributed by atoms with Crippen molar-refractivity contribution in [1.82, 2.24) is 4.31 Å². The van der Waals surface area contributed by atoms with E-state index < -0.39 is 16.0 Å². The van der Waals surface area contributed by atoms with Crippen LogP contribution < -0.4 is 4.72 Å². The van der Waals surface area contributed by atoms with Crippen molar-refractivity contribution in [2.75, 3.05) is 11.8 Å². The van der Waals surface area contributed by atoms with Crippen molar-refractivity contribution in [3.8, 4) is 5.75 Å². The molecule has 0 unspecified atom stereocenters. The Morgan fingerprint density at radius 2 is 2.00 bits per heavy atom. The normalized spacial score (nSPS) is 12.1. The third-order valence-corrected chi connectivity index (χ3v) is 3.96. The lowest BCUT2D eigenvalue weighted by atomic mass is 10.3. The van der Waals surface area contributed by atoms with Gasteiger partial charge in [-0.3, -0.25) is 4.72 Å². The number of halogens is 1. The Balaban J connectivity index is 2.98. The van der Waals surface area contributed by atoms with Gasteiger partial charge in [-0.25, -0.2) is 4.39 Å². The Hall–Kier alpha value is -1.34. The Labute approximate surface area is 100 Å². The van der Waals surface area contributed by atoms with E-state index in [0.717, 1.165) is 16.4 Å². The van der Waals surface area contributed by atoms with Gasteiger partial charge < -0.3 is 5.11 Å². The Morgan fingerprint density at radius 1 is 1.41 bits per heavy atom. The minimum atomic E-state index is -3.79. The molecule has 0 radical (unpaired) electrons. The van der Waals surface area contributed by atoms with E-state index in [4.69, 9.17) is 5.11 Å². The molecule has 2 N–H and O–H groups in total. The molecule has 1 rings (SSSR count). The van der Waals surface area contributed by atoms with Crippen LogP contribution in [0.2, 0.25) is 0 Å². The molecule has 17 heavy (non-hydrogen) atoms. The molecule has 0 aliphatic rings. The van der Waals surface area contributed by atoms with E-state index in [9.17, 15) is 12.8 Å². The molecule has 0 heterocycles. The summed E-state index contributed by atoms with van der Waals surface area (Å²) >= 11 is 0. The fraction of sp³-hybridized carbons (Fsp3) is 0.400. The van der Waals surface area contributed by atoms with Crippen LogP contribution in [0, 0.1) is 5.82 Å². The summed E-state index contributed by atoms with van der Waals surface area (Å²) in [5.74, 6) is -1.09. The first-order valence-electron chi connectivity index (χ1n) is 4.98. The average Bonchev–Trinajstić information content (AvgIpc) is 2.21. The van der Waals surface area contributed by atoms with Gasteiger partial charge in [-0.15, -0.1) is 0 Å². The maximum Gasteiger partial charge on any atom is 0.301 e. The topological polar surface area (TPSA) is 69.6 Å². The number of hydrogen-bond acceptors (Lipinski definition) is 3. The number of rotatable bonds is 4. The highest BCUT2D eigenvalue weighted by atomic mass is 32.2. The summed E-state index contributed by atoms with van der Waals surface area (Å²) < 4.78 is 40.1. The highest BCUT2D eigenvalue weighted by Gasteiger charge is 2.21. The fourth-order valence-electron chi connectivity index (χ4n) is 1.08. The standard InChI is InChI=1S/C10H15FN2O3S/c1-7(2)13(3)17(15,16)12-10-5-4-8(14)6-9(10)11/h4-7,12,14H,1-3H3. The lowest BCUT2D eigenvalue weighted by Crippen LogP contribution is -2.37. The van der Waals surface area contributed by atoms with Crippen molar-refractivity contribution in [2.24, 2.45) is 0 Å². The largest absolute Gasteiger partial charge is 0.508 e. The number of nitrogens with zero attached hydrogens (tertiary/aromatic N) is 1. The van der Waals surface area contributed by atoms with Crippen molar-refractivity contribution >= 4 is 15.9 Å². The number of hydrogen-bond donors (Lipinski definition) is 2. The van der Waals surface area contributed by atoms with Gasteiger partial charge in [-0.2, -0.15) is 12.7 Å². The number of anilines is 1. The predicted octanol–water partition coefficient (Wildman–Crippen LogP) is 1.53. The molecular weight excluding hydrogens is 247 g/mol. The Bertz CT molecular complexity index is 502. The first-order valence-corrected chi connectivity index (χ1v) is 6.42. The summed E-state index contributed by atoms with van der Waals surface area (Å²) in [5, 5.41) is 9.01. The van der Waals surface area contributed by atoms with Gasteiger partial charge in [0.05, 0.1) is 5.69 Å². The summed E-state index contributed by atoms with van der Waals surface area (Å²) in [6, 6.07) is 2.97. The minimum Gasteiger partial charge on any atom is -0.508 e. The maximum absolute atomic E-state index is 13.3. The van der Waals surface area contributed by atoms with Gasteiger partial charge >= 0.3 is 10.2 Å². The second-order valence-electron chi connectivity index (χ2n) is 3.88. The monoisotopic (exact) mass is 262 g/mol. The molecule has 7 heteroatoms. The fourth-order valence-corrected chi connectivity index (χ4v) is 2.22. The molecule has 0 saturated carbocycles. The number of nitrogens with one attached hydrogen (secondary N) is 1. The van der Waals surface area contributed by atoms with Crippen molar-refractivity contribution in [2.45, 2.75) is 19.9 Å². The maximum atomic E-state index is 13.3. The summed E-state index contributed by atoms with van der Waals surface area (Å²) in [5.41, 5.74) is -0.199. The first kappa shape index (κ1) is 13.7. The second kappa shape index (κ2) is 4.89. The van der Waals surface area contributed by atoms with E-state index in [0.29, 0.717) is 0 Å². The van der Waals surface area contributed by atoms with Crippen LogP contribution in [-0.4, -0.2) is 30.9 Å². The van der Waals surface area contributed by atoms with Crippen molar-refractivity contribution in [3.05, 3.63) is 24.0 Å². The zero-order valence-electron chi connectivity index (χ0n) is 9.81. The Kier molecular flexibility index (Phi) is 3.94. The lowest BCUT2D eigenvalue weighted by Gasteiger charge is -2.21. The highest BCUT2D eigenvalue weighted by molar-refractivity contribution is 7.90. The summed E-state index contributed by atoms with van der Waals surface area (Å²) in [7, 11) is -2.39. The van der Waals surface area contributed by atoms with E-state index in [1.54, 1.807) is 13.8 Å². The van der Waals surface area contributed by atoms with Crippen LogP contribution >= 0.6 is 0 Å². The number of phenolic OH excluding ortho intramolecular Hbond substituents is 1. The van der Waals surface area contributed by atoms with Gasteiger partial charge in [-0.1, -0.05) is 0 Å². The molecule has 0 amide bonds. The molecule has 5 nitrogen and oxygen atoms in total. The minimum absolute atomic E-state index is 0.199. The van der Waals surface area contributed by atoms with Gasteiger partial charge in [0.2, 0.25) is 0 Å². The van der Waals surface area contributed by atoms with Crippen LogP contribution in [0.3, 0.4) is 0 Å². The number of aromatic hydroxyl groups is 1. The molecule has 96 valence electrons. The molecule has 0 aliphatic heterocycles. The summed E-state index contributed by atoms with van der Waals surface area (Å²) in [6.07, 6.45) is 0. The van der Waals surface area contributed by atoms with Crippen LogP contribution in [0.1, 0.15) is 13.8 Å².